The molecule has 0 aromatic heterocycles. The van der Waals surface area contributed by atoms with Crippen LogP contribution in [0.1, 0.15) is 47.6 Å². The van der Waals surface area contributed by atoms with Crippen LogP contribution in [-0.2, 0) is 0 Å². The van der Waals surface area contributed by atoms with Crippen LogP contribution in [0, 0.1) is 5.92 Å². The zero-order valence-corrected chi connectivity index (χ0v) is 10.2. The molecule has 0 bridgehead atoms. The van der Waals surface area contributed by atoms with E-state index >= 15 is 0 Å². The summed E-state index contributed by atoms with van der Waals surface area (Å²) in [6.07, 6.45) is 3.84. The Bertz CT molecular complexity index is 410. The molecule has 0 aliphatic heterocycles. The van der Waals surface area contributed by atoms with Crippen molar-refractivity contribution in [3.8, 4) is 0 Å². The van der Waals surface area contributed by atoms with Crippen molar-refractivity contribution in [1.82, 2.24) is 0 Å². The summed E-state index contributed by atoms with van der Waals surface area (Å²) in [5.74, 6) is -0.675. The predicted molar refractivity (Wildman–Crippen MR) is 68.3 cm³/mol. The molecule has 4 N–H and O–H groups in total. The molecule has 2 atom stereocenters. The fraction of sp³-hybridized carbons (Fsp3) is 0.500. The maximum atomic E-state index is 10.7. The van der Waals surface area contributed by atoms with Crippen LogP contribution in [0.4, 0.5) is 0 Å². The minimum atomic E-state index is -0.952. The van der Waals surface area contributed by atoms with E-state index in [1.165, 1.54) is 12.1 Å². The zero-order valence-electron chi connectivity index (χ0n) is 10.2. The first-order valence-electron chi connectivity index (χ1n) is 6.36. The second-order valence-electron chi connectivity index (χ2n) is 4.99. The minimum absolute atomic E-state index is 0.237. The summed E-state index contributed by atoms with van der Waals surface area (Å²) in [6.45, 7) is 0. The molecule has 1 aromatic rings. The Morgan fingerprint density at radius 1 is 1.22 bits per heavy atom. The van der Waals surface area contributed by atoms with Crippen molar-refractivity contribution in [3.05, 3.63) is 35.4 Å². The van der Waals surface area contributed by atoms with E-state index in [4.69, 9.17) is 10.8 Å². The Hall–Kier alpha value is -1.39. The van der Waals surface area contributed by atoms with Crippen LogP contribution in [0.3, 0.4) is 0 Å². The largest absolute Gasteiger partial charge is 0.478 e. The van der Waals surface area contributed by atoms with E-state index in [-0.39, 0.29) is 11.5 Å². The predicted octanol–water partition coefficient (Wildman–Crippen LogP) is 1.94. The van der Waals surface area contributed by atoms with Gasteiger partial charge in [0.25, 0.3) is 0 Å². The van der Waals surface area contributed by atoms with Crippen LogP contribution >= 0.6 is 0 Å². The summed E-state index contributed by atoms with van der Waals surface area (Å²) in [5, 5.41) is 19.0. The van der Waals surface area contributed by atoms with Crippen molar-refractivity contribution in [3.63, 3.8) is 0 Å². The van der Waals surface area contributed by atoms with Gasteiger partial charge in [-0.25, -0.2) is 4.79 Å². The highest BCUT2D eigenvalue weighted by molar-refractivity contribution is 5.87. The molecule has 18 heavy (non-hydrogen) atoms. The van der Waals surface area contributed by atoms with E-state index in [2.05, 4.69) is 0 Å². The Morgan fingerprint density at radius 2 is 1.78 bits per heavy atom. The van der Waals surface area contributed by atoms with Crippen LogP contribution < -0.4 is 5.73 Å². The lowest BCUT2D eigenvalue weighted by molar-refractivity contribution is 0.0697. The highest BCUT2D eigenvalue weighted by Crippen LogP contribution is 2.32. The van der Waals surface area contributed by atoms with Gasteiger partial charge in [-0.1, -0.05) is 25.0 Å². The Labute approximate surface area is 106 Å². The number of carboxylic acid groups (broad SMARTS) is 1. The summed E-state index contributed by atoms with van der Waals surface area (Å²) in [5.41, 5.74) is 7.08. The van der Waals surface area contributed by atoms with Crippen molar-refractivity contribution in [2.24, 2.45) is 11.7 Å². The smallest absolute Gasteiger partial charge is 0.335 e. The number of benzene rings is 1. The molecule has 0 radical (unpaired) electrons. The van der Waals surface area contributed by atoms with Gasteiger partial charge in [-0.15, -0.1) is 0 Å². The van der Waals surface area contributed by atoms with E-state index in [9.17, 15) is 9.90 Å². The lowest BCUT2D eigenvalue weighted by Crippen LogP contribution is -2.31. The molecular weight excluding hydrogens is 230 g/mol. The van der Waals surface area contributed by atoms with Crippen LogP contribution in [0.15, 0.2) is 24.3 Å². The molecule has 1 aromatic carbocycles. The molecule has 2 rings (SSSR count). The fourth-order valence-corrected chi connectivity index (χ4v) is 2.64. The summed E-state index contributed by atoms with van der Waals surface area (Å²) in [7, 11) is 0. The van der Waals surface area contributed by atoms with Crippen molar-refractivity contribution in [2.75, 3.05) is 0 Å². The van der Waals surface area contributed by atoms with Gasteiger partial charge in [0.15, 0.2) is 0 Å². The highest BCUT2D eigenvalue weighted by Gasteiger charge is 2.28. The normalized spacial score (nSPS) is 19.7. The summed E-state index contributed by atoms with van der Waals surface area (Å²) in [6, 6.07) is 5.99. The summed E-state index contributed by atoms with van der Waals surface area (Å²) >= 11 is 0. The second kappa shape index (κ2) is 5.50. The van der Waals surface area contributed by atoms with E-state index in [0.29, 0.717) is 0 Å². The van der Waals surface area contributed by atoms with Gasteiger partial charge in [-0.2, -0.15) is 0 Å². The van der Waals surface area contributed by atoms with Crippen LogP contribution in [0.5, 0.6) is 0 Å². The van der Waals surface area contributed by atoms with Gasteiger partial charge in [0.1, 0.15) is 0 Å². The standard InChI is InChI=1S/C14H19NO3/c15-12(13(16)10-3-1-2-4-10)9-5-7-11(8-6-9)14(17)18/h5-8,10,12-13,16H,1-4,15H2,(H,17,18)/t12-,13+/m0/s1. The Kier molecular flexibility index (Phi) is 3.99. The van der Waals surface area contributed by atoms with Gasteiger partial charge < -0.3 is 15.9 Å². The molecule has 4 nitrogen and oxygen atoms in total. The molecule has 0 saturated heterocycles. The lowest BCUT2D eigenvalue weighted by atomic mass is 9.90. The molecule has 1 aliphatic rings. The monoisotopic (exact) mass is 249 g/mol. The molecule has 98 valence electrons. The maximum Gasteiger partial charge on any atom is 0.335 e. The lowest BCUT2D eigenvalue weighted by Gasteiger charge is -2.24. The molecular formula is C14H19NO3. The average molecular weight is 249 g/mol. The van der Waals surface area contributed by atoms with Crippen LogP contribution in [0.2, 0.25) is 0 Å². The van der Waals surface area contributed by atoms with Crippen LogP contribution in [0.25, 0.3) is 0 Å². The van der Waals surface area contributed by atoms with Crippen molar-refractivity contribution in [1.29, 1.82) is 0 Å². The molecule has 0 spiro atoms. The molecule has 0 unspecified atom stereocenters. The number of rotatable bonds is 4. The number of hydrogen-bond acceptors (Lipinski definition) is 3. The average Bonchev–Trinajstić information content (AvgIpc) is 2.91. The Morgan fingerprint density at radius 3 is 2.28 bits per heavy atom. The molecule has 1 aliphatic carbocycles. The van der Waals surface area contributed by atoms with Gasteiger partial charge in [0, 0.05) is 0 Å². The van der Waals surface area contributed by atoms with E-state index in [1.54, 1.807) is 12.1 Å². The van der Waals surface area contributed by atoms with Gasteiger partial charge in [-0.3, -0.25) is 0 Å². The van der Waals surface area contributed by atoms with Crippen molar-refractivity contribution < 1.29 is 15.0 Å². The minimum Gasteiger partial charge on any atom is -0.478 e. The molecule has 1 saturated carbocycles. The van der Waals surface area contributed by atoms with E-state index in [0.717, 1.165) is 31.2 Å². The number of aliphatic hydroxyl groups is 1. The molecule has 1 fully saturated rings. The summed E-state index contributed by atoms with van der Waals surface area (Å²) in [4.78, 5) is 10.7. The number of aromatic carboxylic acids is 1. The molecule has 0 amide bonds. The number of hydrogen-bond donors (Lipinski definition) is 3. The first-order chi connectivity index (χ1) is 8.59. The van der Waals surface area contributed by atoms with Crippen molar-refractivity contribution >= 4 is 5.97 Å². The third-order valence-electron chi connectivity index (χ3n) is 3.79. The fourth-order valence-electron chi connectivity index (χ4n) is 2.64. The third kappa shape index (κ3) is 2.71. The van der Waals surface area contributed by atoms with Gasteiger partial charge in [0.2, 0.25) is 0 Å². The van der Waals surface area contributed by atoms with Crippen molar-refractivity contribution in [2.45, 2.75) is 37.8 Å². The highest BCUT2D eigenvalue weighted by atomic mass is 16.4. The second-order valence-corrected chi connectivity index (χ2v) is 4.99. The first kappa shape index (κ1) is 13.1. The van der Waals surface area contributed by atoms with E-state index < -0.39 is 18.1 Å². The molecule has 4 heteroatoms. The first-order valence-corrected chi connectivity index (χ1v) is 6.36. The topological polar surface area (TPSA) is 83.6 Å². The SMILES string of the molecule is N[C@@H](c1ccc(C(=O)O)cc1)[C@H](O)C1CCCC1. The van der Waals surface area contributed by atoms with Crippen LogP contribution in [-0.4, -0.2) is 22.3 Å². The number of carboxylic acids is 1. The third-order valence-corrected chi connectivity index (χ3v) is 3.79. The number of aliphatic hydroxyl groups excluding tert-OH is 1. The van der Waals surface area contributed by atoms with Gasteiger partial charge >= 0.3 is 5.97 Å². The maximum absolute atomic E-state index is 10.7. The van der Waals surface area contributed by atoms with Gasteiger partial charge in [0.05, 0.1) is 17.7 Å². The molecule has 0 heterocycles. The summed E-state index contributed by atoms with van der Waals surface area (Å²) < 4.78 is 0. The van der Waals surface area contributed by atoms with E-state index in [1.807, 2.05) is 0 Å². The zero-order chi connectivity index (χ0) is 13.1. The quantitative estimate of drug-likeness (QED) is 0.761. The van der Waals surface area contributed by atoms with Gasteiger partial charge in [-0.05, 0) is 36.5 Å². The number of carbonyl (C=O) groups is 1. The Balaban J connectivity index is 2.07. The number of nitrogens with two attached hydrogens (primary N) is 1.